The molecule has 0 radical (unpaired) electrons. The second kappa shape index (κ2) is 26.6. The third-order valence-corrected chi connectivity index (χ3v) is 4.20. The van der Waals surface area contributed by atoms with Gasteiger partial charge in [-0.05, 0) is 25.7 Å². The van der Waals surface area contributed by atoms with Crippen molar-refractivity contribution in [3.05, 3.63) is 0 Å². The van der Waals surface area contributed by atoms with Crippen molar-refractivity contribution in [1.82, 2.24) is 0 Å². The van der Waals surface area contributed by atoms with E-state index in [0.29, 0.717) is 26.4 Å². The zero-order chi connectivity index (χ0) is 25.1. The van der Waals surface area contributed by atoms with Crippen molar-refractivity contribution in [2.24, 2.45) is 0 Å². The van der Waals surface area contributed by atoms with Crippen LogP contribution >= 0.6 is 0 Å². The number of rotatable bonds is 26. The molecule has 0 fully saturated rings. The van der Waals surface area contributed by atoms with E-state index in [1.807, 2.05) is 27.7 Å². The number of unbranched alkanes of at least 4 members (excludes halogenated alkanes) is 4. The molecule has 0 amide bonds. The van der Waals surface area contributed by atoms with Gasteiger partial charge in [-0.3, -0.25) is 0 Å². The van der Waals surface area contributed by atoms with Crippen molar-refractivity contribution in [2.45, 2.75) is 91.3 Å². The second-order valence-electron chi connectivity index (χ2n) is 7.57. The largest absolute Gasteiger partial charge is 0.509 e. The van der Waals surface area contributed by atoms with Gasteiger partial charge in [0.1, 0.15) is 26.4 Å². The molecule has 0 bridgehead atoms. The number of carbonyl (C=O) groups excluding carboxylic acids is 1. The molecule has 204 valence electrons. The molecule has 0 aromatic heterocycles. The zero-order valence-electron chi connectivity index (χ0n) is 21.5. The van der Waals surface area contributed by atoms with E-state index >= 15 is 0 Å². The van der Waals surface area contributed by atoms with Crippen LogP contribution in [0.15, 0.2) is 0 Å². The molecule has 0 spiro atoms. The van der Waals surface area contributed by atoms with Gasteiger partial charge < -0.3 is 9.47 Å². The first-order valence-electron chi connectivity index (χ1n) is 12.5. The van der Waals surface area contributed by atoms with Crippen LogP contribution in [0, 0.1) is 0 Å². The first kappa shape index (κ1) is 33.0. The Morgan fingerprint density at radius 3 is 0.971 bits per heavy atom. The summed E-state index contributed by atoms with van der Waals surface area (Å²) in [5, 5.41) is 0. The maximum absolute atomic E-state index is 12.4. The van der Waals surface area contributed by atoms with Crippen molar-refractivity contribution >= 4 is 6.16 Å². The molecule has 0 atom stereocenters. The number of hydrogen-bond acceptors (Lipinski definition) is 11. The molecule has 34 heavy (non-hydrogen) atoms. The predicted octanol–water partition coefficient (Wildman–Crippen LogP) is 4.87. The van der Waals surface area contributed by atoms with Gasteiger partial charge in [-0.2, -0.15) is 0 Å². The first-order valence-corrected chi connectivity index (χ1v) is 12.5. The molecule has 0 aliphatic heterocycles. The van der Waals surface area contributed by atoms with Gasteiger partial charge in [-0.25, -0.2) is 43.9 Å². The van der Waals surface area contributed by atoms with Gasteiger partial charge in [-0.1, -0.05) is 53.4 Å². The second-order valence-corrected chi connectivity index (χ2v) is 7.57. The van der Waals surface area contributed by atoms with E-state index in [9.17, 15) is 4.79 Å². The standard InChI is InChI=1S/C23H46O11/c1-5-9-13-25-29-17-21(18-30-26-14-10-6-2)33-23(24)34-22(19-31-27-15-11-7-3)20-32-28-16-12-8-4/h21-22H,5-20H2,1-4H3. The monoisotopic (exact) mass is 498 g/mol. The average molecular weight is 499 g/mol. The molecule has 0 saturated heterocycles. The summed E-state index contributed by atoms with van der Waals surface area (Å²) in [5.74, 6) is 0. The Hall–Kier alpha value is -1.05. The van der Waals surface area contributed by atoms with E-state index in [4.69, 9.17) is 48.6 Å². The van der Waals surface area contributed by atoms with Crippen LogP contribution in [0.3, 0.4) is 0 Å². The lowest BCUT2D eigenvalue weighted by Crippen LogP contribution is -2.34. The van der Waals surface area contributed by atoms with E-state index in [1.54, 1.807) is 0 Å². The summed E-state index contributed by atoms with van der Waals surface area (Å²) in [6.45, 7) is 9.73. The van der Waals surface area contributed by atoms with Crippen LogP contribution in [0.4, 0.5) is 4.79 Å². The van der Waals surface area contributed by atoms with Crippen LogP contribution in [0.5, 0.6) is 0 Å². The summed E-state index contributed by atoms with van der Waals surface area (Å²) in [5.41, 5.74) is 0. The van der Waals surface area contributed by atoms with Crippen LogP contribution in [0.2, 0.25) is 0 Å². The molecule has 0 unspecified atom stereocenters. The number of hydrogen-bond donors (Lipinski definition) is 0. The van der Waals surface area contributed by atoms with Gasteiger partial charge in [0.25, 0.3) is 0 Å². The summed E-state index contributed by atoms with van der Waals surface area (Å²) in [7, 11) is 0. The first-order chi connectivity index (χ1) is 16.7. The molecular formula is C23H46O11. The van der Waals surface area contributed by atoms with Gasteiger partial charge in [0, 0.05) is 0 Å². The van der Waals surface area contributed by atoms with E-state index in [0.717, 1.165) is 51.4 Å². The van der Waals surface area contributed by atoms with Crippen molar-refractivity contribution in [1.29, 1.82) is 0 Å². The molecule has 0 aliphatic rings. The van der Waals surface area contributed by atoms with Gasteiger partial charge in [0.15, 0.2) is 12.2 Å². The van der Waals surface area contributed by atoms with Crippen LogP contribution < -0.4 is 0 Å². The smallest absolute Gasteiger partial charge is 0.426 e. The van der Waals surface area contributed by atoms with Gasteiger partial charge in [0.05, 0.1) is 26.4 Å². The van der Waals surface area contributed by atoms with Crippen molar-refractivity contribution in [3.8, 4) is 0 Å². The normalized spacial score (nSPS) is 11.5. The highest BCUT2D eigenvalue weighted by Gasteiger charge is 2.22. The van der Waals surface area contributed by atoms with Crippen molar-refractivity contribution in [2.75, 3.05) is 52.9 Å². The lowest BCUT2D eigenvalue weighted by atomic mass is 10.4. The molecule has 0 aromatic rings. The van der Waals surface area contributed by atoms with Gasteiger partial charge in [-0.15, -0.1) is 0 Å². The minimum atomic E-state index is -0.946. The van der Waals surface area contributed by atoms with E-state index < -0.39 is 18.4 Å². The lowest BCUT2D eigenvalue weighted by Gasteiger charge is -2.20. The predicted molar refractivity (Wildman–Crippen MR) is 122 cm³/mol. The van der Waals surface area contributed by atoms with Gasteiger partial charge >= 0.3 is 6.16 Å². The zero-order valence-corrected chi connectivity index (χ0v) is 21.5. The van der Waals surface area contributed by atoms with Crippen LogP contribution in [0.1, 0.15) is 79.1 Å². The fraction of sp³-hybridized carbons (Fsp3) is 0.957. The Balaban J connectivity index is 4.58. The molecule has 0 N–H and O–H groups in total. The Morgan fingerprint density at radius 2 is 0.735 bits per heavy atom. The topological polar surface area (TPSA) is 109 Å². The Bertz CT molecular complexity index is 362. The van der Waals surface area contributed by atoms with Gasteiger partial charge in [0.2, 0.25) is 0 Å². The minimum Gasteiger partial charge on any atom is -0.426 e. The average Bonchev–Trinajstić information content (AvgIpc) is 2.83. The maximum atomic E-state index is 12.4. The highest BCUT2D eigenvalue weighted by atomic mass is 17.2. The summed E-state index contributed by atoms with van der Waals surface area (Å²) >= 11 is 0. The Morgan fingerprint density at radius 1 is 0.471 bits per heavy atom. The molecule has 11 heteroatoms. The summed E-state index contributed by atoms with van der Waals surface area (Å²) in [6.07, 6.45) is 4.75. The maximum Gasteiger partial charge on any atom is 0.509 e. The Labute approximate surface area is 204 Å². The molecule has 0 rings (SSSR count). The highest BCUT2D eigenvalue weighted by Crippen LogP contribution is 2.05. The molecule has 0 aliphatic carbocycles. The molecule has 11 nitrogen and oxygen atoms in total. The van der Waals surface area contributed by atoms with Crippen molar-refractivity contribution < 1.29 is 53.4 Å². The minimum absolute atomic E-state index is 0.0477. The summed E-state index contributed by atoms with van der Waals surface area (Å²) in [6, 6.07) is 0. The van der Waals surface area contributed by atoms with E-state index in [-0.39, 0.29) is 26.4 Å². The molecule has 0 aromatic carbocycles. The molecular weight excluding hydrogens is 452 g/mol. The third kappa shape index (κ3) is 22.7. The SMILES string of the molecule is CCCCOOCC(COOCCCC)OC(=O)OC(COOCCCC)COOCCCC. The van der Waals surface area contributed by atoms with Crippen LogP contribution in [-0.2, 0) is 48.6 Å². The number of carbonyl (C=O) groups is 1. The molecule has 0 heterocycles. The highest BCUT2D eigenvalue weighted by molar-refractivity contribution is 5.60. The fourth-order valence-electron chi connectivity index (χ4n) is 2.08. The van der Waals surface area contributed by atoms with Crippen molar-refractivity contribution in [3.63, 3.8) is 0 Å². The van der Waals surface area contributed by atoms with Crippen LogP contribution in [0.25, 0.3) is 0 Å². The number of ether oxygens (including phenoxy) is 2. The van der Waals surface area contributed by atoms with Crippen LogP contribution in [-0.4, -0.2) is 71.2 Å². The Kier molecular flexibility index (Phi) is 25.7. The van der Waals surface area contributed by atoms with E-state index in [2.05, 4.69) is 0 Å². The summed E-state index contributed by atoms with van der Waals surface area (Å²) < 4.78 is 10.6. The third-order valence-electron chi connectivity index (χ3n) is 4.20. The fourth-order valence-corrected chi connectivity index (χ4v) is 2.08. The van der Waals surface area contributed by atoms with E-state index in [1.165, 1.54) is 0 Å². The lowest BCUT2D eigenvalue weighted by molar-refractivity contribution is -0.338. The summed E-state index contributed by atoms with van der Waals surface area (Å²) in [4.78, 5) is 53.2. The quantitative estimate of drug-likeness (QED) is 0.0705. The molecule has 0 saturated carbocycles.